The van der Waals surface area contributed by atoms with E-state index in [1.807, 2.05) is 0 Å². The first kappa shape index (κ1) is 8.97. The average molecular weight is 184 g/mol. The minimum Gasteiger partial charge on any atom is -0.391 e. The number of amides is 1. The lowest BCUT2D eigenvalue weighted by Gasteiger charge is -2.19. The van der Waals surface area contributed by atoms with Crippen LogP contribution in [0, 0.1) is 0 Å². The van der Waals surface area contributed by atoms with Crippen molar-refractivity contribution in [1.29, 1.82) is 0 Å². The minimum atomic E-state index is -0.301. The van der Waals surface area contributed by atoms with Crippen molar-refractivity contribution in [2.75, 3.05) is 19.6 Å². The Morgan fingerprint density at radius 2 is 2.31 bits per heavy atom. The second-order valence-corrected chi connectivity index (χ2v) is 3.88. The van der Waals surface area contributed by atoms with E-state index in [-0.39, 0.29) is 18.1 Å². The maximum Gasteiger partial charge on any atom is 0.239 e. The van der Waals surface area contributed by atoms with E-state index >= 15 is 0 Å². The van der Waals surface area contributed by atoms with E-state index in [1.165, 1.54) is 0 Å². The SMILES string of the molecule is O=C([C@H]1CCCN1)N1CCC(O)C1. The number of hydrogen-bond donors (Lipinski definition) is 2. The second kappa shape index (κ2) is 3.64. The van der Waals surface area contributed by atoms with Crippen LogP contribution < -0.4 is 5.32 Å². The molecule has 4 nitrogen and oxygen atoms in total. The van der Waals surface area contributed by atoms with Crippen molar-refractivity contribution in [2.24, 2.45) is 0 Å². The van der Waals surface area contributed by atoms with Crippen LogP contribution in [0.1, 0.15) is 19.3 Å². The Bertz CT molecular complexity index is 202. The summed E-state index contributed by atoms with van der Waals surface area (Å²) >= 11 is 0. The fraction of sp³-hybridized carbons (Fsp3) is 0.889. The molecule has 4 heteroatoms. The molecule has 2 atom stereocenters. The van der Waals surface area contributed by atoms with Crippen LogP contribution in [0.3, 0.4) is 0 Å². The van der Waals surface area contributed by atoms with Crippen molar-refractivity contribution < 1.29 is 9.90 Å². The summed E-state index contributed by atoms with van der Waals surface area (Å²) < 4.78 is 0. The molecule has 13 heavy (non-hydrogen) atoms. The van der Waals surface area contributed by atoms with Gasteiger partial charge >= 0.3 is 0 Å². The third-order valence-corrected chi connectivity index (χ3v) is 2.83. The van der Waals surface area contributed by atoms with Gasteiger partial charge in [0, 0.05) is 13.1 Å². The summed E-state index contributed by atoms with van der Waals surface area (Å²) in [5.74, 6) is 0.175. The van der Waals surface area contributed by atoms with E-state index in [0.717, 1.165) is 32.4 Å². The highest BCUT2D eigenvalue weighted by Gasteiger charge is 2.31. The van der Waals surface area contributed by atoms with Crippen LogP contribution in [0.5, 0.6) is 0 Å². The molecule has 1 amide bonds. The van der Waals surface area contributed by atoms with E-state index in [1.54, 1.807) is 4.90 Å². The van der Waals surface area contributed by atoms with Crippen molar-refractivity contribution in [3.05, 3.63) is 0 Å². The lowest BCUT2D eigenvalue weighted by atomic mass is 10.2. The van der Waals surface area contributed by atoms with Crippen molar-refractivity contribution in [2.45, 2.75) is 31.4 Å². The molecule has 0 saturated carbocycles. The number of nitrogens with one attached hydrogen (secondary N) is 1. The number of carbonyl (C=O) groups excluding carboxylic acids is 1. The summed E-state index contributed by atoms with van der Waals surface area (Å²) in [7, 11) is 0. The molecular weight excluding hydrogens is 168 g/mol. The quantitative estimate of drug-likeness (QED) is 0.568. The molecule has 2 rings (SSSR count). The standard InChI is InChI=1S/C9H16N2O2/c12-7-3-5-11(6-7)9(13)8-2-1-4-10-8/h7-8,10,12H,1-6H2/t7?,8-/m1/s1. The Kier molecular flexibility index (Phi) is 2.51. The van der Waals surface area contributed by atoms with Gasteiger partial charge in [0.2, 0.25) is 5.91 Å². The van der Waals surface area contributed by atoms with Gasteiger partial charge in [0.25, 0.3) is 0 Å². The molecule has 2 fully saturated rings. The van der Waals surface area contributed by atoms with E-state index in [2.05, 4.69) is 5.32 Å². The maximum absolute atomic E-state index is 11.7. The number of aliphatic hydroxyl groups is 1. The zero-order valence-corrected chi connectivity index (χ0v) is 7.70. The van der Waals surface area contributed by atoms with Crippen LogP contribution in [-0.4, -0.2) is 47.7 Å². The van der Waals surface area contributed by atoms with Crippen LogP contribution in [0.4, 0.5) is 0 Å². The summed E-state index contributed by atoms with van der Waals surface area (Å²) in [5, 5.41) is 12.5. The first-order chi connectivity index (χ1) is 6.27. The Morgan fingerprint density at radius 3 is 2.85 bits per heavy atom. The molecule has 0 spiro atoms. The van der Waals surface area contributed by atoms with Crippen molar-refractivity contribution >= 4 is 5.91 Å². The van der Waals surface area contributed by atoms with Gasteiger partial charge in [-0.05, 0) is 25.8 Å². The molecule has 2 aliphatic heterocycles. The van der Waals surface area contributed by atoms with Crippen LogP contribution in [0.15, 0.2) is 0 Å². The van der Waals surface area contributed by atoms with Crippen LogP contribution in [0.25, 0.3) is 0 Å². The summed E-state index contributed by atoms with van der Waals surface area (Å²) in [6.07, 6.45) is 2.47. The molecule has 0 radical (unpaired) electrons. The van der Waals surface area contributed by atoms with E-state index in [4.69, 9.17) is 0 Å². The fourth-order valence-electron chi connectivity index (χ4n) is 2.06. The number of likely N-dealkylation sites (tertiary alicyclic amines) is 1. The number of aliphatic hydroxyl groups excluding tert-OH is 1. The molecule has 0 bridgehead atoms. The number of rotatable bonds is 1. The second-order valence-electron chi connectivity index (χ2n) is 3.88. The summed E-state index contributed by atoms with van der Waals surface area (Å²) in [6, 6.07) is 0.0188. The van der Waals surface area contributed by atoms with E-state index in [0.29, 0.717) is 6.54 Å². The molecule has 2 saturated heterocycles. The summed E-state index contributed by atoms with van der Waals surface area (Å²) in [6.45, 7) is 2.20. The Hall–Kier alpha value is -0.610. The molecular formula is C9H16N2O2. The fourth-order valence-corrected chi connectivity index (χ4v) is 2.06. The van der Waals surface area contributed by atoms with Gasteiger partial charge in [0.05, 0.1) is 12.1 Å². The highest BCUT2D eigenvalue weighted by Crippen LogP contribution is 2.14. The molecule has 0 aromatic carbocycles. The largest absolute Gasteiger partial charge is 0.391 e. The van der Waals surface area contributed by atoms with Gasteiger partial charge in [0.15, 0.2) is 0 Å². The number of nitrogens with zero attached hydrogens (tertiary/aromatic N) is 1. The first-order valence-corrected chi connectivity index (χ1v) is 4.97. The Morgan fingerprint density at radius 1 is 1.46 bits per heavy atom. The van der Waals surface area contributed by atoms with Crippen LogP contribution >= 0.6 is 0 Å². The zero-order chi connectivity index (χ0) is 9.26. The lowest BCUT2D eigenvalue weighted by molar-refractivity contribution is -0.132. The van der Waals surface area contributed by atoms with Crippen LogP contribution in [0.2, 0.25) is 0 Å². The van der Waals surface area contributed by atoms with Gasteiger partial charge in [0.1, 0.15) is 0 Å². The van der Waals surface area contributed by atoms with Gasteiger partial charge in [-0.1, -0.05) is 0 Å². The third kappa shape index (κ3) is 1.84. The van der Waals surface area contributed by atoms with E-state index < -0.39 is 0 Å². The van der Waals surface area contributed by atoms with Gasteiger partial charge in [-0.2, -0.15) is 0 Å². The molecule has 2 N–H and O–H groups in total. The zero-order valence-electron chi connectivity index (χ0n) is 7.70. The van der Waals surface area contributed by atoms with Gasteiger partial charge in [-0.3, -0.25) is 4.79 Å². The smallest absolute Gasteiger partial charge is 0.239 e. The third-order valence-electron chi connectivity index (χ3n) is 2.83. The highest BCUT2D eigenvalue weighted by molar-refractivity contribution is 5.82. The number of carbonyl (C=O) groups is 1. The first-order valence-electron chi connectivity index (χ1n) is 4.97. The number of β-amino-alcohol motifs (C(OH)–C–C–N with tert-alkyl or cyclic N) is 1. The molecule has 0 aliphatic carbocycles. The normalized spacial score (nSPS) is 34.1. The molecule has 2 aliphatic rings. The van der Waals surface area contributed by atoms with Crippen LogP contribution in [-0.2, 0) is 4.79 Å². The summed E-state index contributed by atoms with van der Waals surface area (Å²) in [5.41, 5.74) is 0. The van der Waals surface area contributed by atoms with Gasteiger partial charge < -0.3 is 15.3 Å². The predicted molar refractivity (Wildman–Crippen MR) is 48.2 cm³/mol. The molecule has 0 aromatic rings. The predicted octanol–water partition coefficient (Wildman–Crippen LogP) is -0.668. The number of hydrogen-bond acceptors (Lipinski definition) is 3. The average Bonchev–Trinajstić information content (AvgIpc) is 2.72. The molecule has 2 heterocycles. The van der Waals surface area contributed by atoms with Crippen molar-refractivity contribution in [3.8, 4) is 0 Å². The van der Waals surface area contributed by atoms with Gasteiger partial charge in [-0.15, -0.1) is 0 Å². The minimum absolute atomic E-state index is 0.0188. The Labute approximate surface area is 77.9 Å². The summed E-state index contributed by atoms with van der Waals surface area (Å²) in [4.78, 5) is 13.5. The highest BCUT2D eigenvalue weighted by atomic mass is 16.3. The van der Waals surface area contributed by atoms with Crippen molar-refractivity contribution in [3.63, 3.8) is 0 Å². The van der Waals surface area contributed by atoms with Gasteiger partial charge in [-0.25, -0.2) is 0 Å². The monoisotopic (exact) mass is 184 g/mol. The molecule has 74 valence electrons. The Balaban J connectivity index is 1.89. The maximum atomic E-state index is 11.7. The van der Waals surface area contributed by atoms with E-state index in [9.17, 15) is 9.90 Å². The molecule has 1 unspecified atom stereocenters. The lowest BCUT2D eigenvalue weighted by Crippen LogP contribution is -2.42. The van der Waals surface area contributed by atoms with Crippen molar-refractivity contribution in [1.82, 2.24) is 10.2 Å². The molecule has 0 aromatic heterocycles. The topological polar surface area (TPSA) is 52.6 Å².